The highest BCUT2D eigenvalue weighted by Crippen LogP contribution is 2.37. The van der Waals surface area contributed by atoms with E-state index in [1.807, 2.05) is 19.1 Å². The molecule has 3 rings (SSSR count). The first kappa shape index (κ1) is 15.9. The second-order valence-corrected chi connectivity index (χ2v) is 7.74. The van der Waals surface area contributed by atoms with Crippen molar-refractivity contribution in [2.75, 3.05) is 4.90 Å². The van der Waals surface area contributed by atoms with E-state index in [4.69, 9.17) is 12.2 Å². The molecule has 0 N–H and O–H groups in total. The molecule has 23 heavy (non-hydrogen) atoms. The standard InChI is InChI=1S/C15H10N2O3S3/c1-9-5-6-12(22-9)8-13-14(18)16(15(21)23-13)10-3-2-4-11(7-10)17(19)20/h2-8H,1H3/b13-8+. The van der Waals surface area contributed by atoms with Crippen LogP contribution in [0, 0.1) is 17.0 Å². The molecule has 0 atom stereocenters. The van der Waals surface area contributed by atoms with Gasteiger partial charge in [0.05, 0.1) is 15.5 Å². The maximum atomic E-state index is 12.6. The van der Waals surface area contributed by atoms with Crippen molar-refractivity contribution < 1.29 is 9.72 Å². The number of nitro groups is 1. The molecule has 1 aromatic heterocycles. The molecule has 1 saturated heterocycles. The highest BCUT2D eigenvalue weighted by atomic mass is 32.2. The lowest BCUT2D eigenvalue weighted by atomic mass is 10.2. The van der Waals surface area contributed by atoms with Gasteiger partial charge in [0.15, 0.2) is 4.32 Å². The van der Waals surface area contributed by atoms with Crippen molar-refractivity contribution in [2.45, 2.75) is 6.92 Å². The third-order valence-corrected chi connectivity index (χ3v) is 5.38. The molecule has 0 aliphatic carbocycles. The molecule has 0 unspecified atom stereocenters. The smallest absolute Gasteiger partial charge is 0.268 e. The number of rotatable bonds is 3. The molecule has 5 nitrogen and oxygen atoms in total. The minimum absolute atomic E-state index is 0.0746. The van der Waals surface area contributed by atoms with Gasteiger partial charge < -0.3 is 0 Å². The molecule has 8 heteroatoms. The van der Waals surface area contributed by atoms with E-state index >= 15 is 0 Å². The van der Waals surface area contributed by atoms with Crippen LogP contribution < -0.4 is 4.90 Å². The Bertz CT molecular complexity index is 857. The van der Waals surface area contributed by atoms with Crippen LogP contribution in [0.4, 0.5) is 11.4 Å². The van der Waals surface area contributed by atoms with Gasteiger partial charge in [0.25, 0.3) is 11.6 Å². The first-order valence-corrected chi connectivity index (χ1v) is 8.58. The van der Waals surface area contributed by atoms with E-state index in [0.717, 1.165) is 9.75 Å². The number of amides is 1. The molecule has 1 aliphatic heterocycles. The molecule has 0 radical (unpaired) electrons. The number of thioether (sulfide) groups is 1. The molecular weight excluding hydrogens is 352 g/mol. The van der Waals surface area contributed by atoms with Crippen molar-refractivity contribution in [2.24, 2.45) is 0 Å². The summed E-state index contributed by atoms with van der Waals surface area (Å²) in [4.78, 5) is 27.0. The Labute approximate surface area is 145 Å². The summed E-state index contributed by atoms with van der Waals surface area (Å²) in [6.45, 7) is 2.00. The summed E-state index contributed by atoms with van der Waals surface area (Å²) in [6, 6.07) is 9.83. The van der Waals surface area contributed by atoms with Crippen molar-refractivity contribution in [1.29, 1.82) is 0 Å². The SMILES string of the molecule is Cc1ccc(/C=C2/SC(=S)N(c3cccc([N+](=O)[O-])c3)C2=O)s1. The number of carbonyl (C=O) groups is 1. The molecule has 1 amide bonds. The van der Waals surface area contributed by atoms with E-state index in [2.05, 4.69) is 0 Å². The summed E-state index contributed by atoms with van der Waals surface area (Å²) in [5, 5.41) is 10.9. The Morgan fingerprint density at radius 2 is 2.09 bits per heavy atom. The van der Waals surface area contributed by atoms with Crippen molar-refractivity contribution in [3.63, 3.8) is 0 Å². The average Bonchev–Trinajstić information content (AvgIpc) is 3.03. The predicted octanol–water partition coefficient (Wildman–Crippen LogP) is 4.37. The van der Waals surface area contributed by atoms with Crippen molar-refractivity contribution >= 4 is 63.0 Å². The van der Waals surface area contributed by atoms with Gasteiger partial charge in [-0.25, -0.2) is 0 Å². The molecule has 1 fully saturated rings. The second-order valence-electron chi connectivity index (χ2n) is 4.74. The zero-order valence-corrected chi connectivity index (χ0v) is 14.3. The first-order chi connectivity index (χ1) is 11.0. The molecule has 0 saturated carbocycles. The van der Waals surface area contributed by atoms with Gasteiger partial charge >= 0.3 is 0 Å². The Hall–Kier alpha value is -2.03. The summed E-state index contributed by atoms with van der Waals surface area (Å²) >= 11 is 8.06. The molecule has 0 spiro atoms. The van der Waals surface area contributed by atoms with Crippen LogP contribution in [-0.2, 0) is 4.79 Å². The van der Waals surface area contributed by atoms with Gasteiger partial charge in [-0.15, -0.1) is 11.3 Å². The number of nitro benzene ring substituents is 1. The second kappa shape index (κ2) is 6.23. The zero-order chi connectivity index (χ0) is 16.6. The minimum atomic E-state index is -0.495. The van der Waals surface area contributed by atoms with Crippen molar-refractivity contribution in [3.8, 4) is 0 Å². The number of carbonyl (C=O) groups excluding carboxylic acids is 1. The molecule has 1 aliphatic rings. The number of non-ortho nitro benzene ring substituents is 1. The Balaban J connectivity index is 1.94. The maximum absolute atomic E-state index is 12.6. The van der Waals surface area contributed by atoms with Gasteiger partial charge in [-0.2, -0.15) is 0 Å². The van der Waals surface area contributed by atoms with Crippen LogP contribution in [0.15, 0.2) is 41.3 Å². The van der Waals surface area contributed by atoms with Crippen LogP contribution >= 0.6 is 35.3 Å². The fourth-order valence-corrected chi connectivity index (χ4v) is 4.28. The fraction of sp³-hybridized carbons (Fsp3) is 0.0667. The largest absolute Gasteiger partial charge is 0.271 e. The Morgan fingerprint density at radius 3 is 2.74 bits per heavy atom. The van der Waals surface area contributed by atoms with E-state index in [1.165, 1.54) is 28.8 Å². The van der Waals surface area contributed by atoms with Crippen molar-refractivity contribution in [1.82, 2.24) is 0 Å². The third kappa shape index (κ3) is 3.19. The van der Waals surface area contributed by atoms with Gasteiger partial charge in [0.2, 0.25) is 0 Å². The van der Waals surface area contributed by atoms with Crippen LogP contribution in [0.1, 0.15) is 9.75 Å². The van der Waals surface area contributed by atoms with Crippen LogP contribution in [0.3, 0.4) is 0 Å². The number of hydrogen-bond acceptors (Lipinski definition) is 6. The molecular formula is C15H10N2O3S3. The number of thiocarbonyl (C=S) groups is 1. The summed E-state index contributed by atoms with van der Waals surface area (Å²) in [7, 11) is 0. The van der Waals surface area contributed by atoms with Crippen molar-refractivity contribution in [3.05, 3.63) is 61.2 Å². The van der Waals surface area contributed by atoms with Gasteiger partial charge in [-0.1, -0.05) is 30.0 Å². The van der Waals surface area contributed by atoms with E-state index < -0.39 is 4.92 Å². The molecule has 0 bridgehead atoms. The Kier molecular flexibility index (Phi) is 4.29. The lowest BCUT2D eigenvalue weighted by Crippen LogP contribution is -2.27. The summed E-state index contributed by atoms with van der Waals surface area (Å²) < 4.78 is 0.370. The number of benzene rings is 1. The van der Waals surface area contributed by atoms with Crippen LogP contribution in [0.2, 0.25) is 0 Å². The number of aryl methyl sites for hydroxylation is 1. The fourth-order valence-electron chi connectivity index (χ4n) is 2.10. The summed E-state index contributed by atoms with van der Waals surface area (Å²) in [6.07, 6.45) is 1.80. The van der Waals surface area contributed by atoms with Gasteiger partial charge in [-0.05, 0) is 31.2 Å². The summed E-state index contributed by atoms with van der Waals surface area (Å²) in [5.41, 5.74) is 0.335. The minimum Gasteiger partial charge on any atom is -0.268 e. The Morgan fingerprint density at radius 1 is 1.30 bits per heavy atom. The molecule has 2 aromatic rings. The zero-order valence-electron chi connectivity index (χ0n) is 11.9. The van der Waals surface area contributed by atoms with E-state index in [0.29, 0.717) is 14.9 Å². The highest BCUT2D eigenvalue weighted by Gasteiger charge is 2.34. The maximum Gasteiger partial charge on any atom is 0.271 e. The van der Waals surface area contributed by atoms with Crippen LogP contribution in [-0.4, -0.2) is 15.2 Å². The number of anilines is 1. The third-order valence-electron chi connectivity index (χ3n) is 3.13. The number of nitrogens with zero attached hydrogens (tertiary/aromatic N) is 2. The van der Waals surface area contributed by atoms with Gasteiger partial charge in [0.1, 0.15) is 0 Å². The average molecular weight is 362 g/mol. The first-order valence-electron chi connectivity index (χ1n) is 6.54. The van der Waals surface area contributed by atoms with Crippen LogP contribution in [0.25, 0.3) is 6.08 Å². The van der Waals surface area contributed by atoms with E-state index in [9.17, 15) is 14.9 Å². The molecule has 2 heterocycles. The number of thiophene rings is 1. The predicted molar refractivity (Wildman–Crippen MR) is 97.8 cm³/mol. The van der Waals surface area contributed by atoms with E-state index in [1.54, 1.807) is 29.5 Å². The topological polar surface area (TPSA) is 63.4 Å². The monoisotopic (exact) mass is 362 g/mol. The lowest BCUT2D eigenvalue weighted by molar-refractivity contribution is -0.384. The van der Waals surface area contributed by atoms with Crippen LogP contribution in [0.5, 0.6) is 0 Å². The molecule has 116 valence electrons. The van der Waals surface area contributed by atoms with E-state index in [-0.39, 0.29) is 11.6 Å². The van der Waals surface area contributed by atoms with Gasteiger partial charge in [-0.3, -0.25) is 19.8 Å². The highest BCUT2D eigenvalue weighted by molar-refractivity contribution is 8.27. The number of hydrogen-bond donors (Lipinski definition) is 0. The van der Waals surface area contributed by atoms with Gasteiger partial charge in [0, 0.05) is 21.9 Å². The lowest BCUT2D eigenvalue weighted by Gasteiger charge is -2.13. The summed E-state index contributed by atoms with van der Waals surface area (Å²) in [5.74, 6) is -0.258. The quantitative estimate of drug-likeness (QED) is 0.351. The molecule has 1 aromatic carbocycles. The normalized spacial score (nSPS) is 16.4.